The van der Waals surface area contributed by atoms with Gasteiger partial charge in [0, 0.05) is 23.7 Å². The molecule has 110 valence electrons. The smallest absolute Gasteiger partial charge is 0.336 e. The second-order valence-electron chi connectivity index (χ2n) is 5.59. The fourth-order valence-corrected chi connectivity index (χ4v) is 2.71. The van der Waals surface area contributed by atoms with Crippen LogP contribution in [-0.2, 0) is 4.79 Å². The van der Waals surface area contributed by atoms with E-state index < -0.39 is 0 Å². The molecule has 0 unspecified atom stereocenters. The summed E-state index contributed by atoms with van der Waals surface area (Å²) in [5.41, 5.74) is 2.71. The highest BCUT2D eigenvalue weighted by Crippen LogP contribution is 2.25. The number of hydrogen-bond donors (Lipinski definition) is 2. The van der Waals surface area contributed by atoms with Gasteiger partial charge in [0.1, 0.15) is 5.58 Å². The molecule has 0 spiro atoms. The fourth-order valence-electron chi connectivity index (χ4n) is 2.71. The zero-order valence-corrected chi connectivity index (χ0v) is 12.2. The molecule has 3 rings (SSSR count). The lowest BCUT2D eigenvalue weighted by atomic mass is 10.1. The highest BCUT2D eigenvalue weighted by Gasteiger charge is 2.22. The summed E-state index contributed by atoms with van der Waals surface area (Å²) in [4.78, 5) is 23.6. The first-order valence-corrected chi connectivity index (χ1v) is 7.11. The Morgan fingerprint density at radius 1 is 1.29 bits per heavy atom. The quantitative estimate of drug-likeness (QED) is 0.828. The van der Waals surface area contributed by atoms with Crippen molar-refractivity contribution in [3.63, 3.8) is 0 Å². The van der Waals surface area contributed by atoms with Crippen LogP contribution in [0.3, 0.4) is 0 Å². The number of hydrogen-bond acceptors (Lipinski definition) is 4. The molecule has 2 heterocycles. The number of amides is 1. The topological polar surface area (TPSA) is 71.3 Å². The summed E-state index contributed by atoms with van der Waals surface area (Å²) in [6.07, 6.45) is 0.867. The molecule has 0 saturated carbocycles. The van der Waals surface area contributed by atoms with Gasteiger partial charge in [0.15, 0.2) is 0 Å². The molecule has 0 bridgehead atoms. The van der Waals surface area contributed by atoms with E-state index in [2.05, 4.69) is 10.6 Å². The van der Waals surface area contributed by atoms with Crippen LogP contribution in [0.15, 0.2) is 27.4 Å². The van der Waals surface area contributed by atoms with Gasteiger partial charge in [0.05, 0.1) is 5.92 Å². The number of nitrogens with one attached hydrogen (secondary N) is 2. The van der Waals surface area contributed by atoms with E-state index in [1.807, 2.05) is 19.9 Å². The summed E-state index contributed by atoms with van der Waals surface area (Å²) in [6, 6.07) is 5.14. The molecule has 0 radical (unpaired) electrons. The first-order chi connectivity index (χ1) is 10.0. The van der Waals surface area contributed by atoms with Crippen LogP contribution >= 0.6 is 0 Å². The summed E-state index contributed by atoms with van der Waals surface area (Å²) in [5, 5.41) is 7.02. The first-order valence-electron chi connectivity index (χ1n) is 7.11. The number of carbonyl (C=O) groups is 1. The van der Waals surface area contributed by atoms with E-state index in [0.29, 0.717) is 5.58 Å². The predicted molar refractivity (Wildman–Crippen MR) is 81.6 cm³/mol. The molecule has 1 fully saturated rings. The Morgan fingerprint density at radius 2 is 2.10 bits per heavy atom. The molecule has 1 aromatic heterocycles. The highest BCUT2D eigenvalue weighted by molar-refractivity contribution is 5.96. The van der Waals surface area contributed by atoms with E-state index in [1.165, 1.54) is 6.07 Å². The molecule has 1 aliphatic heterocycles. The number of rotatable bonds is 2. The van der Waals surface area contributed by atoms with Gasteiger partial charge in [-0.3, -0.25) is 4.79 Å². The molecule has 1 aliphatic rings. The zero-order valence-electron chi connectivity index (χ0n) is 12.2. The van der Waals surface area contributed by atoms with Crippen LogP contribution in [0.2, 0.25) is 0 Å². The minimum absolute atomic E-state index is 0.0231. The number of carbonyl (C=O) groups excluding carboxylic acids is 1. The Labute approximate surface area is 122 Å². The number of anilines is 1. The molecule has 1 amide bonds. The Bertz CT molecular complexity index is 758. The first kappa shape index (κ1) is 13.8. The Balaban J connectivity index is 1.97. The van der Waals surface area contributed by atoms with Crippen molar-refractivity contribution in [2.45, 2.75) is 20.3 Å². The van der Waals surface area contributed by atoms with Crippen LogP contribution in [0.5, 0.6) is 0 Å². The van der Waals surface area contributed by atoms with E-state index in [-0.39, 0.29) is 17.5 Å². The van der Waals surface area contributed by atoms with E-state index in [1.54, 1.807) is 6.07 Å². The molecule has 2 N–H and O–H groups in total. The number of aryl methyl sites for hydroxylation is 2. The van der Waals surface area contributed by atoms with Crippen LogP contribution < -0.4 is 16.3 Å². The maximum absolute atomic E-state index is 12.2. The SMILES string of the molecule is Cc1cc2oc(=O)cc(C)c2cc1NC(=O)[C@H]1CCNC1. The lowest BCUT2D eigenvalue weighted by Gasteiger charge is -2.13. The van der Waals surface area contributed by atoms with E-state index >= 15 is 0 Å². The summed E-state index contributed by atoms with van der Waals surface area (Å²) in [5.74, 6) is 0.0624. The maximum atomic E-state index is 12.2. The van der Waals surface area contributed by atoms with Crippen molar-refractivity contribution in [2.75, 3.05) is 18.4 Å². The van der Waals surface area contributed by atoms with E-state index in [4.69, 9.17) is 4.42 Å². The van der Waals surface area contributed by atoms with Gasteiger partial charge < -0.3 is 15.1 Å². The molecule has 0 aliphatic carbocycles. The molecule has 21 heavy (non-hydrogen) atoms. The Hall–Kier alpha value is -2.14. The monoisotopic (exact) mass is 286 g/mol. The largest absolute Gasteiger partial charge is 0.423 e. The summed E-state index contributed by atoms with van der Waals surface area (Å²) >= 11 is 0. The predicted octanol–water partition coefficient (Wildman–Crippen LogP) is 1.96. The molecular formula is C16H18N2O3. The van der Waals surface area contributed by atoms with E-state index in [0.717, 1.165) is 41.7 Å². The molecular weight excluding hydrogens is 268 g/mol. The minimum Gasteiger partial charge on any atom is -0.423 e. The molecule has 2 aromatic rings. The van der Waals surface area contributed by atoms with Gasteiger partial charge in [-0.05, 0) is 50.1 Å². The van der Waals surface area contributed by atoms with Gasteiger partial charge in [-0.15, -0.1) is 0 Å². The summed E-state index contributed by atoms with van der Waals surface area (Å²) in [7, 11) is 0. The third kappa shape index (κ3) is 2.69. The van der Waals surface area contributed by atoms with Crippen LogP contribution in [-0.4, -0.2) is 19.0 Å². The summed E-state index contributed by atoms with van der Waals surface area (Å²) in [6.45, 7) is 5.37. The standard InChI is InChI=1S/C16H18N2O3/c1-9-6-15(19)21-14-5-10(2)13(7-12(9)14)18-16(20)11-3-4-17-8-11/h5-7,11,17H,3-4,8H2,1-2H3,(H,18,20)/t11-/m0/s1. The molecule has 5 nitrogen and oxygen atoms in total. The maximum Gasteiger partial charge on any atom is 0.336 e. The zero-order chi connectivity index (χ0) is 15.0. The van der Waals surface area contributed by atoms with Crippen molar-refractivity contribution in [1.29, 1.82) is 0 Å². The van der Waals surface area contributed by atoms with Crippen molar-refractivity contribution in [3.05, 3.63) is 39.7 Å². The third-order valence-corrected chi connectivity index (χ3v) is 3.99. The highest BCUT2D eigenvalue weighted by atomic mass is 16.4. The second-order valence-corrected chi connectivity index (χ2v) is 5.59. The average molecular weight is 286 g/mol. The van der Waals surface area contributed by atoms with Gasteiger partial charge in [-0.2, -0.15) is 0 Å². The van der Waals surface area contributed by atoms with Crippen LogP contribution in [0, 0.1) is 19.8 Å². The summed E-state index contributed by atoms with van der Waals surface area (Å²) < 4.78 is 5.20. The number of fused-ring (bicyclic) bond motifs is 1. The molecule has 1 atom stereocenters. The van der Waals surface area contributed by atoms with Crippen LogP contribution in [0.4, 0.5) is 5.69 Å². The Kier molecular flexibility index (Phi) is 3.51. The van der Waals surface area contributed by atoms with Crippen molar-refractivity contribution >= 4 is 22.6 Å². The van der Waals surface area contributed by atoms with Gasteiger partial charge in [0.25, 0.3) is 0 Å². The van der Waals surface area contributed by atoms with Gasteiger partial charge in [0.2, 0.25) is 5.91 Å². The lowest BCUT2D eigenvalue weighted by Crippen LogP contribution is -2.25. The normalized spacial score (nSPS) is 18.1. The minimum atomic E-state index is -0.354. The van der Waals surface area contributed by atoms with Crippen LogP contribution in [0.1, 0.15) is 17.5 Å². The second kappa shape index (κ2) is 5.33. The Morgan fingerprint density at radius 3 is 2.81 bits per heavy atom. The molecule has 1 saturated heterocycles. The third-order valence-electron chi connectivity index (χ3n) is 3.99. The van der Waals surface area contributed by atoms with Gasteiger partial charge >= 0.3 is 5.63 Å². The number of benzene rings is 1. The molecule has 5 heteroatoms. The lowest BCUT2D eigenvalue weighted by molar-refractivity contribution is -0.119. The van der Waals surface area contributed by atoms with Crippen molar-refractivity contribution in [1.82, 2.24) is 5.32 Å². The average Bonchev–Trinajstić information content (AvgIpc) is 2.94. The van der Waals surface area contributed by atoms with Crippen molar-refractivity contribution in [3.8, 4) is 0 Å². The van der Waals surface area contributed by atoms with E-state index in [9.17, 15) is 9.59 Å². The van der Waals surface area contributed by atoms with Crippen LogP contribution in [0.25, 0.3) is 11.0 Å². The molecule has 1 aromatic carbocycles. The van der Waals surface area contributed by atoms with Crippen molar-refractivity contribution in [2.24, 2.45) is 5.92 Å². The fraction of sp³-hybridized carbons (Fsp3) is 0.375. The van der Waals surface area contributed by atoms with Crippen molar-refractivity contribution < 1.29 is 9.21 Å². The van der Waals surface area contributed by atoms with Gasteiger partial charge in [-0.1, -0.05) is 0 Å². The van der Waals surface area contributed by atoms with Gasteiger partial charge in [-0.25, -0.2) is 4.79 Å².